The van der Waals surface area contributed by atoms with E-state index in [0.29, 0.717) is 0 Å². The SMILES string of the molecule is C=C(N)[SiH]1CCCCO1. The first-order chi connectivity index (χ1) is 4.30. The molecule has 1 saturated heterocycles. The highest BCUT2D eigenvalue weighted by Crippen LogP contribution is 2.12. The molecule has 1 rings (SSSR count). The van der Waals surface area contributed by atoms with Gasteiger partial charge in [0.15, 0.2) is 0 Å². The van der Waals surface area contributed by atoms with Crippen LogP contribution < -0.4 is 5.73 Å². The van der Waals surface area contributed by atoms with Gasteiger partial charge in [-0.15, -0.1) is 0 Å². The summed E-state index contributed by atoms with van der Waals surface area (Å²) in [6, 6.07) is 1.19. The number of nitrogens with two attached hydrogens (primary N) is 1. The van der Waals surface area contributed by atoms with Gasteiger partial charge >= 0.3 is 0 Å². The van der Waals surface area contributed by atoms with Crippen molar-refractivity contribution in [2.75, 3.05) is 6.61 Å². The summed E-state index contributed by atoms with van der Waals surface area (Å²) >= 11 is 0. The molecule has 0 aromatic heterocycles. The van der Waals surface area contributed by atoms with Crippen molar-refractivity contribution in [3.05, 3.63) is 11.9 Å². The molecule has 9 heavy (non-hydrogen) atoms. The molecule has 2 N–H and O–H groups in total. The first kappa shape index (κ1) is 6.83. The van der Waals surface area contributed by atoms with Gasteiger partial charge in [-0.2, -0.15) is 0 Å². The van der Waals surface area contributed by atoms with Gasteiger partial charge in [0.2, 0.25) is 9.04 Å². The fourth-order valence-electron chi connectivity index (χ4n) is 1.03. The van der Waals surface area contributed by atoms with E-state index in [0.717, 1.165) is 11.9 Å². The average Bonchev–Trinajstić information content (AvgIpc) is 1.90. The van der Waals surface area contributed by atoms with Gasteiger partial charge in [-0.05, 0) is 12.5 Å². The molecule has 0 radical (unpaired) electrons. The second kappa shape index (κ2) is 3.03. The molecule has 0 spiro atoms. The summed E-state index contributed by atoms with van der Waals surface area (Å²) in [5, 5.41) is 0.815. The van der Waals surface area contributed by atoms with Crippen molar-refractivity contribution in [1.29, 1.82) is 0 Å². The summed E-state index contributed by atoms with van der Waals surface area (Å²) in [7, 11) is -1.12. The molecule has 1 fully saturated rings. The van der Waals surface area contributed by atoms with E-state index >= 15 is 0 Å². The highest BCUT2D eigenvalue weighted by molar-refractivity contribution is 6.60. The lowest BCUT2D eigenvalue weighted by atomic mass is 10.4. The molecule has 52 valence electrons. The van der Waals surface area contributed by atoms with Gasteiger partial charge in [0.05, 0.1) is 0 Å². The average molecular weight is 143 g/mol. The van der Waals surface area contributed by atoms with Gasteiger partial charge < -0.3 is 10.2 Å². The molecule has 0 amide bonds. The summed E-state index contributed by atoms with van der Waals surface area (Å²) in [4.78, 5) is 0. The van der Waals surface area contributed by atoms with E-state index in [1.54, 1.807) is 0 Å². The Morgan fingerprint density at radius 3 is 2.67 bits per heavy atom. The van der Waals surface area contributed by atoms with Crippen LogP contribution in [-0.2, 0) is 4.43 Å². The van der Waals surface area contributed by atoms with E-state index in [1.165, 1.54) is 18.9 Å². The normalized spacial score (nSPS) is 27.8. The van der Waals surface area contributed by atoms with E-state index in [9.17, 15) is 0 Å². The Labute approximate surface area is 57.4 Å². The monoisotopic (exact) mass is 143 g/mol. The fraction of sp³-hybridized carbons (Fsp3) is 0.667. The molecule has 1 heterocycles. The molecule has 1 aliphatic rings. The van der Waals surface area contributed by atoms with Gasteiger partial charge in [-0.25, -0.2) is 0 Å². The van der Waals surface area contributed by atoms with Crippen LogP contribution in [0.15, 0.2) is 11.9 Å². The summed E-state index contributed by atoms with van der Waals surface area (Å²) in [6.07, 6.45) is 2.49. The van der Waals surface area contributed by atoms with Crippen molar-refractivity contribution in [3.8, 4) is 0 Å². The summed E-state index contributed by atoms with van der Waals surface area (Å²) in [6.45, 7) is 4.60. The molecule has 0 aliphatic carbocycles. The smallest absolute Gasteiger partial charge is 0.223 e. The third kappa shape index (κ3) is 1.84. The zero-order valence-corrected chi connectivity index (χ0v) is 6.75. The third-order valence-corrected chi connectivity index (χ3v) is 3.99. The molecule has 0 aromatic rings. The van der Waals surface area contributed by atoms with Gasteiger partial charge in [-0.3, -0.25) is 0 Å². The predicted octanol–water partition coefficient (Wildman–Crippen LogP) is 0.532. The molecule has 1 aliphatic heterocycles. The Hall–Kier alpha value is -0.283. The van der Waals surface area contributed by atoms with Gasteiger partial charge in [0.25, 0.3) is 0 Å². The van der Waals surface area contributed by atoms with Crippen LogP contribution in [0.4, 0.5) is 0 Å². The number of rotatable bonds is 1. The minimum absolute atomic E-state index is 0.815. The second-order valence-electron chi connectivity index (χ2n) is 2.43. The highest BCUT2D eigenvalue weighted by atomic mass is 28.3. The zero-order chi connectivity index (χ0) is 6.69. The predicted molar refractivity (Wildman–Crippen MR) is 40.5 cm³/mol. The minimum Gasteiger partial charge on any atom is -0.414 e. The zero-order valence-electron chi connectivity index (χ0n) is 5.60. The highest BCUT2D eigenvalue weighted by Gasteiger charge is 2.16. The molecule has 2 nitrogen and oxygen atoms in total. The summed E-state index contributed by atoms with van der Waals surface area (Å²) in [5.74, 6) is 0. The minimum atomic E-state index is -1.12. The first-order valence-electron chi connectivity index (χ1n) is 3.36. The van der Waals surface area contributed by atoms with Gasteiger partial charge in [0.1, 0.15) is 0 Å². The van der Waals surface area contributed by atoms with Crippen molar-refractivity contribution in [2.24, 2.45) is 5.73 Å². The molecule has 1 atom stereocenters. The summed E-state index contributed by atoms with van der Waals surface area (Å²) < 4.78 is 5.45. The van der Waals surface area contributed by atoms with Crippen molar-refractivity contribution in [2.45, 2.75) is 18.9 Å². The van der Waals surface area contributed by atoms with Crippen molar-refractivity contribution in [3.63, 3.8) is 0 Å². The largest absolute Gasteiger partial charge is 0.414 e. The van der Waals surface area contributed by atoms with E-state index in [4.69, 9.17) is 10.2 Å². The van der Waals surface area contributed by atoms with Gasteiger partial charge in [0, 0.05) is 11.9 Å². The van der Waals surface area contributed by atoms with Crippen molar-refractivity contribution >= 4 is 9.04 Å². The maximum absolute atomic E-state index is 5.51. The van der Waals surface area contributed by atoms with Crippen LogP contribution in [0.5, 0.6) is 0 Å². The lowest BCUT2D eigenvalue weighted by molar-refractivity contribution is 0.291. The van der Waals surface area contributed by atoms with Crippen LogP contribution in [-0.4, -0.2) is 15.6 Å². The van der Waals surface area contributed by atoms with Crippen LogP contribution in [0.2, 0.25) is 6.04 Å². The second-order valence-corrected chi connectivity index (χ2v) is 5.06. The maximum atomic E-state index is 5.51. The lowest BCUT2D eigenvalue weighted by Gasteiger charge is -2.20. The molecular weight excluding hydrogens is 130 g/mol. The lowest BCUT2D eigenvalue weighted by Crippen LogP contribution is -2.29. The van der Waals surface area contributed by atoms with Crippen LogP contribution in [0.25, 0.3) is 0 Å². The molecular formula is C6H13NOSi. The van der Waals surface area contributed by atoms with E-state index < -0.39 is 9.04 Å². The molecule has 3 heteroatoms. The van der Waals surface area contributed by atoms with E-state index in [1.807, 2.05) is 0 Å². The first-order valence-corrected chi connectivity index (χ1v) is 5.23. The third-order valence-electron chi connectivity index (χ3n) is 1.59. The van der Waals surface area contributed by atoms with Crippen LogP contribution >= 0.6 is 0 Å². The van der Waals surface area contributed by atoms with Crippen LogP contribution in [0.1, 0.15) is 12.8 Å². The molecule has 0 bridgehead atoms. The Morgan fingerprint density at radius 2 is 2.33 bits per heavy atom. The quantitative estimate of drug-likeness (QED) is 0.543. The van der Waals surface area contributed by atoms with Gasteiger partial charge in [-0.1, -0.05) is 13.0 Å². The molecule has 0 aromatic carbocycles. The van der Waals surface area contributed by atoms with Crippen molar-refractivity contribution in [1.82, 2.24) is 0 Å². The Kier molecular flexibility index (Phi) is 2.30. The van der Waals surface area contributed by atoms with E-state index in [-0.39, 0.29) is 0 Å². The van der Waals surface area contributed by atoms with Crippen LogP contribution in [0, 0.1) is 0 Å². The van der Waals surface area contributed by atoms with E-state index in [2.05, 4.69) is 6.58 Å². The fourth-order valence-corrected chi connectivity index (χ4v) is 2.90. The number of hydrogen-bond acceptors (Lipinski definition) is 2. The maximum Gasteiger partial charge on any atom is 0.223 e. The Balaban J connectivity index is 2.31. The number of hydrogen-bond donors (Lipinski definition) is 1. The van der Waals surface area contributed by atoms with Crippen LogP contribution in [0.3, 0.4) is 0 Å². The Morgan fingerprint density at radius 1 is 1.56 bits per heavy atom. The topological polar surface area (TPSA) is 35.2 Å². The molecule has 0 saturated carbocycles. The van der Waals surface area contributed by atoms with Crippen molar-refractivity contribution < 1.29 is 4.43 Å². The standard InChI is InChI=1S/C6H13NOSi/c1-6(7)9-5-3-2-4-8-9/h9H,1-5,7H2. The summed E-state index contributed by atoms with van der Waals surface area (Å²) in [5.41, 5.74) is 5.51. The Bertz CT molecular complexity index is 110. The molecule has 1 unspecified atom stereocenters.